The Hall–Kier alpha value is -6.12. The van der Waals surface area contributed by atoms with Gasteiger partial charge in [-0.2, -0.15) is 0 Å². The van der Waals surface area contributed by atoms with Gasteiger partial charge in [-0.3, -0.25) is 9.97 Å². The van der Waals surface area contributed by atoms with Crippen LogP contribution in [0.4, 0.5) is 0 Å². The second-order valence-corrected chi connectivity index (χ2v) is 11.4. The maximum Gasteiger partial charge on any atom is 0.0703 e. The molecule has 0 fully saturated rings. The van der Waals surface area contributed by atoms with Crippen molar-refractivity contribution in [3.05, 3.63) is 183 Å². The third-order valence-corrected chi connectivity index (χ3v) is 8.52. The van der Waals surface area contributed by atoms with E-state index in [1.807, 2.05) is 37.4 Å². The summed E-state index contributed by atoms with van der Waals surface area (Å²) in [5.74, 6) is 0. The Morgan fingerprint density at radius 2 is 1.06 bits per heavy atom. The summed E-state index contributed by atoms with van der Waals surface area (Å²) in [6, 6.07) is 50.1. The molecule has 0 aliphatic carbocycles. The molecular formula is C45H34N2. The summed E-state index contributed by atoms with van der Waals surface area (Å²) in [6.07, 6.45) is 11.1. The monoisotopic (exact) mass is 602 g/mol. The number of nitrogens with zero attached hydrogens (tertiary/aromatic N) is 2. The molecule has 2 aromatic heterocycles. The topological polar surface area (TPSA) is 25.8 Å². The fourth-order valence-corrected chi connectivity index (χ4v) is 6.34. The minimum absolute atomic E-state index is 0.943. The smallest absolute Gasteiger partial charge is 0.0703 e. The lowest BCUT2D eigenvalue weighted by Crippen LogP contribution is -1.91. The van der Waals surface area contributed by atoms with Crippen LogP contribution in [0.25, 0.3) is 77.0 Å². The summed E-state index contributed by atoms with van der Waals surface area (Å²) in [5, 5.41) is 7.53. The molecule has 47 heavy (non-hydrogen) atoms. The Balaban J connectivity index is 0.000000656. The summed E-state index contributed by atoms with van der Waals surface area (Å²) in [5.41, 5.74) is 9.22. The Morgan fingerprint density at radius 3 is 1.64 bits per heavy atom. The van der Waals surface area contributed by atoms with Gasteiger partial charge in [0, 0.05) is 29.7 Å². The van der Waals surface area contributed by atoms with Crippen molar-refractivity contribution in [2.75, 3.05) is 0 Å². The van der Waals surface area contributed by atoms with Crippen molar-refractivity contribution < 1.29 is 0 Å². The van der Waals surface area contributed by atoms with Gasteiger partial charge in [0.05, 0.1) is 5.69 Å². The van der Waals surface area contributed by atoms with Crippen molar-refractivity contribution >= 4 is 32.3 Å². The van der Waals surface area contributed by atoms with Gasteiger partial charge in [0.2, 0.25) is 0 Å². The second kappa shape index (κ2) is 13.5. The van der Waals surface area contributed by atoms with E-state index in [9.17, 15) is 0 Å². The first-order chi connectivity index (χ1) is 23.2. The molecule has 0 unspecified atom stereocenters. The molecule has 0 aliphatic heterocycles. The van der Waals surface area contributed by atoms with Crippen molar-refractivity contribution in [2.45, 2.75) is 6.92 Å². The molecule has 6 aromatic carbocycles. The fraction of sp³-hybridized carbons (Fsp3) is 0.0222. The van der Waals surface area contributed by atoms with Gasteiger partial charge >= 0.3 is 0 Å². The average molecular weight is 603 g/mol. The van der Waals surface area contributed by atoms with Crippen LogP contribution in [0.2, 0.25) is 0 Å². The van der Waals surface area contributed by atoms with Crippen molar-refractivity contribution in [3.8, 4) is 44.6 Å². The highest BCUT2D eigenvalue weighted by atomic mass is 14.7. The Labute approximate surface area is 276 Å². The highest BCUT2D eigenvalue weighted by Crippen LogP contribution is 2.44. The summed E-state index contributed by atoms with van der Waals surface area (Å²) in [7, 11) is 0. The van der Waals surface area contributed by atoms with Crippen LogP contribution in [0.15, 0.2) is 183 Å². The third-order valence-electron chi connectivity index (χ3n) is 8.52. The number of hydrogen-bond donors (Lipinski definition) is 0. The standard InChI is InChI=1S/C40H26N2.C5H8/c1-2-9-29-24-32(17-16-27(29)8-1)40-36-14-5-3-12-34(36)39(35-13-4-6-15-37(35)40)31-11-7-10-30(25-31)33-18-19-38(42-26-33)28-20-22-41-23-21-28;1-3-5-4-2/h1-26H;3-5H,1H2,2H3/b;5-4-. The van der Waals surface area contributed by atoms with Gasteiger partial charge in [-0.25, -0.2) is 0 Å². The maximum absolute atomic E-state index is 4.77. The van der Waals surface area contributed by atoms with Gasteiger partial charge in [0.15, 0.2) is 0 Å². The minimum Gasteiger partial charge on any atom is -0.265 e. The zero-order valence-corrected chi connectivity index (χ0v) is 26.3. The quantitative estimate of drug-likeness (QED) is 0.145. The molecule has 0 radical (unpaired) electrons. The number of allylic oxidation sites excluding steroid dienone is 3. The van der Waals surface area contributed by atoms with Crippen molar-refractivity contribution in [2.24, 2.45) is 0 Å². The zero-order valence-electron chi connectivity index (χ0n) is 26.3. The molecular weight excluding hydrogens is 569 g/mol. The fourth-order valence-electron chi connectivity index (χ4n) is 6.34. The zero-order chi connectivity index (χ0) is 32.0. The van der Waals surface area contributed by atoms with Gasteiger partial charge in [-0.05, 0) is 97.4 Å². The van der Waals surface area contributed by atoms with E-state index in [-0.39, 0.29) is 0 Å². The Kier molecular flexibility index (Phi) is 8.48. The lowest BCUT2D eigenvalue weighted by atomic mass is 9.85. The van der Waals surface area contributed by atoms with Crippen LogP contribution in [-0.4, -0.2) is 9.97 Å². The van der Waals surface area contributed by atoms with E-state index < -0.39 is 0 Å². The van der Waals surface area contributed by atoms with E-state index in [0.29, 0.717) is 0 Å². The molecule has 2 heterocycles. The van der Waals surface area contributed by atoms with Crippen molar-refractivity contribution in [1.29, 1.82) is 0 Å². The van der Waals surface area contributed by atoms with Gasteiger partial charge in [-0.1, -0.05) is 134 Å². The average Bonchev–Trinajstić information content (AvgIpc) is 3.14. The van der Waals surface area contributed by atoms with Crippen LogP contribution in [0, 0.1) is 0 Å². The first-order valence-corrected chi connectivity index (χ1v) is 15.9. The molecule has 8 aromatic rings. The third kappa shape index (κ3) is 5.97. The van der Waals surface area contributed by atoms with E-state index in [4.69, 9.17) is 4.98 Å². The lowest BCUT2D eigenvalue weighted by molar-refractivity contribution is 1.29. The Morgan fingerprint density at radius 1 is 0.489 bits per heavy atom. The van der Waals surface area contributed by atoms with Gasteiger partial charge in [0.1, 0.15) is 0 Å². The summed E-state index contributed by atoms with van der Waals surface area (Å²) in [4.78, 5) is 8.89. The summed E-state index contributed by atoms with van der Waals surface area (Å²) in [6.45, 7) is 5.42. The highest BCUT2D eigenvalue weighted by molar-refractivity contribution is 6.21. The molecule has 0 saturated heterocycles. The number of rotatable bonds is 5. The molecule has 2 heteroatoms. The van der Waals surface area contributed by atoms with Crippen LogP contribution < -0.4 is 0 Å². The molecule has 0 bridgehead atoms. The largest absolute Gasteiger partial charge is 0.265 e. The molecule has 0 atom stereocenters. The van der Waals surface area contributed by atoms with E-state index in [1.165, 1.54) is 54.6 Å². The predicted molar refractivity (Wildman–Crippen MR) is 201 cm³/mol. The highest BCUT2D eigenvalue weighted by Gasteiger charge is 2.17. The van der Waals surface area contributed by atoms with Gasteiger partial charge < -0.3 is 0 Å². The molecule has 2 nitrogen and oxygen atoms in total. The predicted octanol–water partition coefficient (Wildman–Crippen LogP) is 12.4. The SMILES string of the molecule is C=C/C=C\C.c1cc(-c2ccc(-c3ccncc3)nc2)cc(-c2c3ccccc3c(-c3ccc4ccccc4c3)c3ccccc23)c1. The number of pyridine rings is 2. The molecule has 0 saturated carbocycles. The molecule has 8 rings (SSSR count). The van der Waals surface area contributed by atoms with Crippen LogP contribution in [-0.2, 0) is 0 Å². The molecule has 224 valence electrons. The molecule has 0 N–H and O–H groups in total. The van der Waals surface area contributed by atoms with Crippen LogP contribution >= 0.6 is 0 Å². The summed E-state index contributed by atoms with van der Waals surface area (Å²) < 4.78 is 0. The minimum atomic E-state index is 0.943. The van der Waals surface area contributed by atoms with Crippen molar-refractivity contribution in [1.82, 2.24) is 9.97 Å². The van der Waals surface area contributed by atoms with E-state index >= 15 is 0 Å². The van der Waals surface area contributed by atoms with Crippen molar-refractivity contribution in [3.63, 3.8) is 0 Å². The number of fused-ring (bicyclic) bond motifs is 3. The first kappa shape index (κ1) is 29.6. The van der Waals surface area contributed by atoms with E-state index in [2.05, 4.69) is 139 Å². The lowest BCUT2D eigenvalue weighted by Gasteiger charge is -2.18. The first-order valence-electron chi connectivity index (χ1n) is 15.9. The molecule has 0 spiro atoms. The van der Waals surface area contributed by atoms with Gasteiger partial charge in [0.25, 0.3) is 0 Å². The van der Waals surface area contributed by atoms with E-state index in [0.717, 1.165) is 22.4 Å². The Bertz CT molecular complexity index is 2310. The van der Waals surface area contributed by atoms with Crippen LogP contribution in [0.1, 0.15) is 6.92 Å². The number of hydrogen-bond acceptors (Lipinski definition) is 2. The summed E-state index contributed by atoms with van der Waals surface area (Å²) >= 11 is 0. The van der Waals surface area contributed by atoms with Gasteiger partial charge in [-0.15, -0.1) is 0 Å². The van der Waals surface area contributed by atoms with Crippen LogP contribution in [0.3, 0.4) is 0 Å². The van der Waals surface area contributed by atoms with Crippen LogP contribution in [0.5, 0.6) is 0 Å². The number of aromatic nitrogens is 2. The molecule has 0 aliphatic rings. The second-order valence-electron chi connectivity index (χ2n) is 11.4. The number of benzene rings is 6. The van der Waals surface area contributed by atoms with E-state index in [1.54, 1.807) is 18.5 Å². The maximum atomic E-state index is 4.77. The normalized spacial score (nSPS) is 11.1. The molecule has 0 amide bonds.